The van der Waals surface area contributed by atoms with E-state index in [1.165, 1.54) is 0 Å². The third kappa shape index (κ3) is 14.5. The fourth-order valence-corrected chi connectivity index (χ4v) is 0.604. The van der Waals surface area contributed by atoms with Gasteiger partial charge in [0.1, 0.15) is 13.2 Å². The van der Waals surface area contributed by atoms with Gasteiger partial charge in [-0.1, -0.05) is 0 Å². The maximum absolute atomic E-state index is 10.6. The van der Waals surface area contributed by atoms with E-state index < -0.39 is 5.97 Å². The van der Waals surface area contributed by atoms with Gasteiger partial charge in [0.2, 0.25) is 0 Å². The number of carbonyl (C=O) groups is 1. The summed E-state index contributed by atoms with van der Waals surface area (Å²) in [7, 11) is 0. The van der Waals surface area contributed by atoms with Crippen molar-refractivity contribution in [1.29, 1.82) is 0 Å². The van der Waals surface area contributed by atoms with Gasteiger partial charge in [-0.2, -0.15) is 0 Å². The van der Waals surface area contributed by atoms with E-state index in [2.05, 4.69) is 21.5 Å². The van der Waals surface area contributed by atoms with Crippen LogP contribution in [-0.2, 0) is 26.7 Å². The number of hydrogen-bond acceptors (Lipinski definition) is 6. The van der Waals surface area contributed by atoms with Crippen molar-refractivity contribution in [2.75, 3.05) is 32.9 Å². The zero-order chi connectivity index (χ0) is 9.23. The van der Waals surface area contributed by atoms with E-state index in [1.54, 1.807) is 0 Å². The number of nitrogens with two attached hydrogens (primary N) is 1. The van der Waals surface area contributed by atoms with Gasteiger partial charge in [-0.3, -0.25) is 4.79 Å². The second-order valence-electron chi connectivity index (χ2n) is 1.91. The van der Waals surface area contributed by atoms with Gasteiger partial charge in [-0.15, -0.1) is 24.8 Å². The molecule has 0 aromatic carbocycles. The summed E-state index contributed by atoms with van der Waals surface area (Å²) in [4.78, 5) is 10.6. The number of halogens is 2. The number of rotatable bonds is 7. The highest BCUT2D eigenvalue weighted by atomic mass is 35.5. The Hall–Kier alpha value is -0.0100. The Bertz CT molecular complexity index is 151. The molecule has 0 fully saturated rings. The monoisotopic (exact) mass is 264 g/mol. The van der Waals surface area contributed by atoms with Crippen LogP contribution in [0.4, 0.5) is 0 Å². The standard InChI is InChI=1S/C6H12N2O3S.2ClH/c7-1-2-10-3-4-11-6(9)5-8-12;;/h1-5,7H2;2*1H. The molecule has 0 spiro atoms. The number of nitrogens with zero attached hydrogens (tertiary/aromatic N) is 1. The zero-order valence-corrected chi connectivity index (χ0v) is 9.96. The largest absolute Gasteiger partial charge is 0.462 e. The van der Waals surface area contributed by atoms with Gasteiger partial charge in [0.15, 0.2) is 0 Å². The molecule has 0 aromatic heterocycles. The Balaban J connectivity index is -0.000000605. The molecule has 0 aliphatic rings. The summed E-state index contributed by atoms with van der Waals surface area (Å²) in [6.07, 6.45) is 0. The van der Waals surface area contributed by atoms with Gasteiger partial charge in [0.05, 0.1) is 13.2 Å². The number of hydrogen-bond donors (Lipinski definition) is 1. The zero-order valence-electron chi connectivity index (χ0n) is 7.51. The van der Waals surface area contributed by atoms with Gasteiger partial charge in [-0.05, 0) is 0 Å². The molecule has 8 heteroatoms. The summed E-state index contributed by atoms with van der Waals surface area (Å²) in [6.45, 7) is 1.45. The minimum Gasteiger partial charge on any atom is -0.462 e. The highest BCUT2D eigenvalue weighted by Gasteiger charge is 1.98. The molecule has 0 aliphatic carbocycles. The first-order valence-corrected chi connectivity index (χ1v) is 3.90. The molecule has 0 aliphatic heterocycles. The Morgan fingerprint density at radius 3 is 2.43 bits per heavy atom. The second kappa shape index (κ2) is 15.5. The van der Waals surface area contributed by atoms with Crippen molar-refractivity contribution in [3.05, 3.63) is 0 Å². The van der Waals surface area contributed by atoms with Gasteiger partial charge >= 0.3 is 5.97 Å². The molecule has 86 valence electrons. The predicted molar refractivity (Wildman–Crippen MR) is 60.0 cm³/mol. The lowest BCUT2D eigenvalue weighted by Crippen LogP contribution is -2.15. The van der Waals surface area contributed by atoms with Crippen LogP contribution in [0, 0.1) is 0 Å². The van der Waals surface area contributed by atoms with E-state index in [0.29, 0.717) is 19.8 Å². The van der Waals surface area contributed by atoms with Crippen LogP contribution in [0.5, 0.6) is 0 Å². The van der Waals surface area contributed by atoms with Crippen LogP contribution in [0.3, 0.4) is 0 Å². The van der Waals surface area contributed by atoms with Crippen molar-refractivity contribution in [2.45, 2.75) is 0 Å². The van der Waals surface area contributed by atoms with E-state index in [0.717, 1.165) is 0 Å². The lowest BCUT2D eigenvalue weighted by Gasteiger charge is -2.02. The SMILES string of the molecule is Cl.Cl.NCCOCCOC(=O)CN=S. The first kappa shape index (κ1) is 19.5. The first-order chi connectivity index (χ1) is 5.81. The van der Waals surface area contributed by atoms with Gasteiger partial charge in [0, 0.05) is 19.0 Å². The number of esters is 1. The van der Waals surface area contributed by atoms with Crippen LogP contribution in [0.1, 0.15) is 0 Å². The lowest BCUT2D eigenvalue weighted by molar-refractivity contribution is -0.143. The smallest absolute Gasteiger partial charge is 0.328 e. The number of carbonyl (C=O) groups excluding carboxylic acids is 1. The normalized spacial score (nSPS) is 8.07. The first-order valence-electron chi connectivity index (χ1n) is 3.53. The molecule has 0 atom stereocenters. The molecule has 0 aromatic rings. The molecule has 0 saturated carbocycles. The van der Waals surface area contributed by atoms with Crippen LogP contribution >= 0.6 is 24.8 Å². The van der Waals surface area contributed by atoms with Crippen molar-refractivity contribution < 1.29 is 14.3 Å². The van der Waals surface area contributed by atoms with Crippen molar-refractivity contribution in [2.24, 2.45) is 10.1 Å². The van der Waals surface area contributed by atoms with Crippen molar-refractivity contribution in [3.8, 4) is 0 Å². The quantitative estimate of drug-likeness (QED) is 0.521. The van der Waals surface area contributed by atoms with Crippen molar-refractivity contribution in [1.82, 2.24) is 0 Å². The fourth-order valence-electron chi connectivity index (χ4n) is 0.498. The van der Waals surface area contributed by atoms with Crippen LogP contribution in [0.25, 0.3) is 0 Å². The fraction of sp³-hybridized carbons (Fsp3) is 0.833. The molecule has 0 radical (unpaired) electrons. The van der Waals surface area contributed by atoms with E-state index in [4.69, 9.17) is 10.5 Å². The van der Waals surface area contributed by atoms with Crippen molar-refractivity contribution in [3.63, 3.8) is 0 Å². The van der Waals surface area contributed by atoms with Crippen molar-refractivity contribution >= 4 is 43.2 Å². The third-order valence-electron chi connectivity index (χ3n) is 0.947. The highest BCUT2D eigenvalue weighted by Crippen LogP contribution is 1.81. The molecule has 0 saturated heterocycles. The Labute approximate surface area is 101 Å². The molecular weight excluding hydrogens is 251 g/mol. The highest BCUT2D eigenvalue weighted by molar-refractivity contribution is 7.47. The predicted octanol–water partition coefficient (Wildman–Crippen LogP) is 0.0790. The minimum atomic E-state index is -0.429. The molecule has 5 nitrogen and oxygen atoms in total. The van der Waals surface area contributed by atoms with Gasteiger partial charge in [-0.25, -0.2) is 4.36 Å². The molecule has 2 N–H and O–H groups in total. The molecule has 0 unspecified atom stereocenters. The summed E-state index contributed by atoms with van der Waals surface area (Å²) in [5.74, 6) is -0.429. The topological polar surface area (TPSA) is 73.9 Å². The molecule has 0 amide bonds. The maximum Gasteiger partial charge on any atom is 0.328 e. The molecule has 14 heavy (non-hydrogen) atoms. The second-order valence-corrected chi connectivity index (χ2v) is 2.17. The molecule has 0 rings (SSSR count). The Morgan fingerprint density at radius 2 is 1.93 bits per heavy atom. The van der Waals surface area contributed by atoms with Gasteiger partial charge < -0.3 is 15.2 Å². The summed E-state index contributed by atoms with van der Waals surface area (Å²) < 4.78 is 12.8. The van der Waals surface area contributed by atoms with E-state index in [-0.39, 0.29) is 38.0 Å². The van der Waals surface area contributed by atoms with Crippen LogP contribution in [-0.4, -0.2) is 38.9 Å². The molecule has 0 heterocycles. The van der Waals surface area contributed by atoms with E-state index in [9.17, 15) is 4.79 Å². The van der Waals surface area contributed by atoms with Crippen LogP contribution < -0.4 is 5.73 Å². The average Bonchev–Trinajstić information content (AvgIpc) is 2.05. The number of ether oxygens (including phenoxy) is 2. The Kier molecular flexibility index (Phi) is 21.6. The maximum atomic E-state index is 10.6. The van der Waals surface area contributed by atoms with E-state index >= 15 is 0 Å². The Morgan fingerprint density at radius 1 is 1.29 bits per heavy atom. The van der Waals surface area contributed by atoms with Gasteiger partial charge in [0.25, 0.3) is 0 Å². The van der Waals surface area contributed by atoms with E-state index in [1.807, 2.05) is 0 Å². The minimum absolute atomic E-state index is 0. The van der Waals surface area contributed by atoms with Crippen LogP contribution in [0.15, 0.2) is 4.36 Å². The third-order valence-corrected chi connectivity index (χ3v) is 1.08. The van der Waals surface area contributed by atoms with Crippen LogP contribution in [0.2, 0.25) is 0 Å². The average molecular weight is 265 g/mol. The lowest BCUT2D eigenvalue weighted by atomic mass is 10.6. The molecular formula is C6H14Cl2N2O3S. The summed E-state index contributed by atoms with van der Waals surface area (Å²) in [5, 5.41) is 0. The summed E-state index contributed by atoms with van der Waals surface area (Å²) >= 11 is 4.23. The summed E-state index contributed by atoms with van der Waals surface area (Å²) in [5.41, 5.74) is 5.16. The molecule has 0 bridgehead atoms. The summed E-state index contributed by atoms with van der Waals surface area (Å²) in [6, 6.07) is 0.